The number of hydrogen-bond donors (Lipinski definition) is 3. The molecule has 12 heteroatoms. The Kier molecular flexibility index (Phi) is 6.59. The van der Waals surface area contributed by atoms with E-state index in [1.807, 2.05) is 0 Å². The summed E-state index contributed by atoms with van der Waals surface area (Å²) in [5.41, 5.74) is -0.705. The first kappa shape index (κ1) is 23.0. The van der Waals surface area contributed by atoms with E-state index >= 15 is 0 Å². The lowest BCUT2D eigenvalue weighted by Crippen LogP contribution is -2.33. The molecule has 1 aromatic carbocycles. The third-order valence-corrected chi connectivity index (χ3v) is 4.27. The normalized spacial score (nSPS) is 10.8. The van der Waals surface area contributed by atoms with Gasteiger partial charge < -0.3 is 4.98 Å². The monoisotopic (exact) mass is 474 g/mol. The fourth-order valence-corrected chi connectivity index (χ4v) is 2.94. The lowest BCUT2D eigenvalue weighted by Gasteiger charge is -2.05. The van der Waals surface area contributed by atoms with Gasteiger partial charge in [0.15, 0.2) is 0 Å². The van der Waals surface area contributed by atoms with Gasteiger partial charge in [-0.05, 0) is 30.3 Å². The molecule has 0 bridgehead atoms. The average molecular weight is 475 g/mol. The summed E-state index contributed by atoms with van der Waals surface area (Å²) in [5.74, 6) is 5.67. The van der Waals surface area contributed by atoms with E-state index < -0.39 is 26.7 Å². The fourth-order valence-electron chi connectivity index (χ4n) is 2.77. The molecule has 32 heavy (non-hydrogen) atoms. The first-order valence-corrected chi connectivity index (χ1v) is 11.1. The minimum Gasteiger partial charge on any atom is -0.350 e. The van der Waals surface area contributed by atoms with Crippen LogP contribution in [-0.4, -0.2) is 39.0 Å². The molecule has 0 saturated carbocycles. The predicted octanol–water partition coefficient (Wildman–Crippen LogP) is 1.14. The van der Waals surface area contributed by atoms with Crippen LogP contribution in [0.25, 0.3) is 21.8 Å². The van der Waals surface area contributed by atoms with E-state index in [0.717, 1.165) is 10.2 Å². The number of rotatable bonds is 1. The highest BCUT2D eigenvalue weighted by Crippen LogP contribution is 2.16. The minimum absolute atomic E-state index is 0.0650. The molecule has 0 saturated heterocycles. The van der Waals surface area contributed by atoms with Crippen molar-refractivity contribution in [1.29, 1.82) is 0 Å². The molecule has 10 nitrogen and oxygen atoms in total. The maximum Gasteiger partial charge on any atom is 0.287 e. The molecule has 3 aromatic heterocycles. The third kappa shape index (κ3) is 5.50. The molecule has 4 aromatic rings. The number of fused-ring (bicyclic) bond motifs is 2. The van der Waals surface area contributed by atoms with Crippen molar-refractivity contribution in [2.75, 3.05) is 6.26 Å². The Balaban J connectivity index is 0.000000523. The largest absolute Gasteiger partial charge is 0.350 e. The summed E-state index contributed by atoms with van der Waals surface area (Å²) in [6.07, 6.45) is 3.92. The SMILES string of the molecule is CS(=O)(=O)O.O=c1[nH]n(CC#Cc2ccncc2)c(=O)c2c(=O)c3ccc(Cl)cc3[nH]c12. The van der Waals surface area contributed by atoms with Crippen LogP contribution >= 0.6 is 11.6 Å². The molecule has 0 radical (unpaired) electrons. The van der Waals surface area contributed by atoms with Crippen molar-refractivity contribution in [3.05, 3.63) is 84.2 Å². The van der Waals surface area contributed by atoms with Crippen molar-refractivity contribution in [3.8, 4) is 11.8 Å². The second-order valence-electron chi connectivity index (χ2n) is 6.50. The van der Waals surface area contributed by atoms with Gasteiger partial charge >= 0.3 is 0 Å². The van der Waals surface area contributed by atoms with Gasteiger partial charge in [0.2, 0.25) is 5.43 Å². The second kappa shape index (κ2) is 9.19. The van der Waals surface area contributed by atoms with Gasteiger partial charge in [-0.2, -0.15) is 8.42 Å². The average Bonchev–Trinajstić information content (AvgIpc) is 2.71. The number of pyridine rings is 2. The Morgan fingerprint density at radius 1 is 1.16 bits per heavy atom. The number of benzene rings is 1. The van der Waals surface area contributed by atoms with Crippen molar-refractivity contribution < 1.29 is 13.0 Å². The Morgan fingerprint density at radius 3 is 2.47 bits per heavy atom. The van der Waals surface area contributed by atoms with Gasteiger partial charge in [-0.25, -0.2) is 4.68 Å². The fraction of sp³-hybridized carbons (Fsp3) is 0.100. The van der Waals surface area contributed by atoms with E-state index in [2.05, 4.69) is 26.9 Å². The maximum atomic E-state index is 12.7. The van der Waals surface area contributed by atoms with Crippen LogP contribution in [0, 0.1) is 11.8 Å². The van der Waals surface area contributed by atoms with Crippen LogP contribution in [0.4, 0.5) is 0 Å². The van der Waals surface area contributed by atoms with E-state index in [4.69, 9.17) is 16.2 Å². The summed E-state index contributed by atoms with van der Waals surface area (Å²) >= 11 is 5.93. The van der Waals surface area contributed by atoms with Crippen LogP contribution in [0.1, 0.15) is 5.56 Å². The van der Waals surface area contributed by atoms with E-state index in [0.29, 0.717) is 16.8 Å². The summed E-state index contributed by atoms with van der Waals surface area (Å²) < 4.78 is 26.9. The molecule has 0 aliphatic carbocycles. The summed E-state index contributed by atoms with van der Waals surface area (Å²) in [6.45, 7) is -0.0650. The van der Waals surface area contributed by atoms with Crippen LogP contribution in [0.5, 0.6) is 0 Å². The highest BCUT2D eigenvalue weighted by molar-refractivity contribution is 7.85. The van der Waals surface area contributed by atoms with Crippen molar-refractivity contribution in [2.45, 2.75) is 6.54 Å². The predicted molar refractivity (Wildman–Crippen MR) is 121 cm³/mol. The summed E-state index contributed by atoms with van der Waals surface area (Å²) in [7, 11) is -3.67. The van der Waals surface area contributed by atoms with Gasteiger partial charge in [0.1, 0.15) is 17.4 Å². The molecule has 0 aliphatic rings. The molecular formula is C20H15ClN4O6S. The van der Waals surface area contributed by atoms with Crippen molar-refractivity contribution >= 4 is 43.5 Å². The lowest BCUT2D eigenvalue weighted by molar-refractivity contribution is 0.490. The topological polar surface area (TPSA) is 155 Å². The zero-order valence-corrected chi connectivity index (χ0v) is 18.0. The highest BCUT2D eigenvalue weighted by Gasteiger charge is 2.14. The Bertz CT molecular complexity index is 1650. The third-order valence-electron chi connectivity index (χ3n) is 4.04. The zero-order chi connectivity index (χ0) is 23.5. The van der Waals surface area contributed by atoms with Crippen LogP contribution in [0.3, 0.4) is 0 Å². The van der Waals surface area contributed by atoms with Crippen molar-refractivity contribution in [3.63, 3.8) is 0 Å². The quantitative estimate of drug-likeness (QED) is 0.212. The standard InChI is InChI=1S/C19H11ClN4O3.CH4O3S/c20-12-3-4-13-14(10-12)22-16-15(17(13)25)19(27)24(23-18(16)26)9-1-2-11-5-7-21-8-6-11;1-5(2,3)4/h3-8,10H,9H2,(H,22,25)(H,23,26);1H3,(H,2,3,4). The Hall–Kier alpha value is -3.72. The minimum atomic E-state index is -3.67. The molecule has 4 rings (SSSR count). The van der Waals surface area contributed by atoms with Crippen molar-refractivity contribution in [1.82, 2.24) is 19.7 Å². The number of H-pyrrole nitrogens is 2. The number of halogens is 1. The molecule has 0 aliphatic heterocycles. The maximum absolute atomic E-state index is 12.7. The highest BCUT2D eigenvalue weighted by atomic mass is 35.5. The molecule has 164 valence electrons. The molecular weight excluding hydrogens is 460 g/mol. The summed E-state index contributed by atoms with van der Waals surface area (Å²) in [6, 6.07) is 8.05. The summed E-state index contributed by atoms with van der Waals surface area (Å²) in [5, 5.41) is 2.93. The van der Waals surface area contributed by atoms with E-state index in [1.165, 1.54) is 12.1 Å². The van der Waals surface area contributed by atoms with E-state index in [9.17, 15) is 22.8 Å². The van der Waals surface area contributed by atoms with Gasteiger partial charge in [0, 0.05) is 28.4 Å². The van der Waals surface area contributed by atoms with Crippen LogP contribution < -0.4 is 16.5 Å². The molecule has 3 heterocycles. The van der Waals surface area contributed by atoms with Gasteiger partial charge in [-0.1, -0.05) is 23.4 Å². The molecule has 0 spiro atoms. The molecule has 0 fully saturated rings. The molecule has 0 atom stereocenters. The van der Waals surface area contributed by atoms with E-state index in [1.54, 1.807) is 30.6 Å². The van der Waals surface area contributed by atoms with Crippen molar-refractivity contribution in [2.24, 2.45) is 0 Å². The molecule has 0 amide bonds. The summed E-state index contributed by atoms with van der Waals surface area (Å²) in [4.78, 5) is 44.6. The number of nitrogens with one attached hydrogen (secondary N) is 2. The lowest BCUT2D eigenvalue weighted by atomic mass is 10.1. The number of nitrogens with zero attached hydrogens (tertiary/aromatic N) is 2. The van der Waals surface area contributed by atoms with Crippen LogP contribution in [0.15, 0.2) is 57.1 Å². The number of aromatic nitrogens is 4. The van der Waals surface area contributed by atoms with Crippen LogP contribution in [-0.2, 0) is 16.7 Å². The van der Waals surface area contributed by atoms with Gasteiger partial charge in [0.05, 0.1) is 11.8 Å². The Morgan fingerprint density at radius 2 is 1.81 bits per heavy atom. The Labute approximate surface area is 185 Å². The van der Waals surface area contributed by atoms with E-state index in [-0.39, 0.29) is 22.8 Å². The van der Waals surface area contributed by atoms with Crippen LogP contribution in [0.2, 0.25) is 5.02 Å². The first-order valence-electron chi connectivity index (χ1n) is 8.84. The second-order valence-corrected chi connectivity index (χ2v) is 8.40. The zero-order valence-electron chi connectivity index (χ0n) is 16.4. The van der Waals surface area contributed by atoms with Gasteiger partial charge in [-0.15, -0.1) is 0 Å². The van der Waals surface area contributed by atoms with Gasteiger partial charge in [-0.3, -0.25) is 29.0 Å². The molecule has 0 unspecified atom stereocenters. The molecule has 3 N–H and O–H groups in total. The first-order chi connectivity index (χ1) is 15.0. The smallest absolute Gasteiger partial charge is 0.287 e. The number of aromatic amines is 2. The number of hydrogen-bond acceptors (Lipinski definition) is 6. The van der Waals surface area contributed by atoms with Gasteiger partial charge in [0.25, 0.3) is 21.2 Å².